The SMILES string of the molecule is C/C=C\C(=C/NC=O)c1cc2c(NCc3cccc(C(F)(F)CO)c3)nc(C(F)(F)F)nc2c2cnn(C)c12. The minimum Gasteiger partial charge on any atom is -0.390 e. The Bertz CT molecular complexity index is 1590. The molecule has 0 unspecified atom stereocenters. The molecule has 0 fully saturated rings. The van der Waals surface area contributed by atoms with E-state index in [0.29, 0.717) is 34.0 Å². The molecule has 0 spiro atoms. The molecule has 8 nitrogen and oxygen atoms in total. The van der Waals surface area contributed by atoms with Crippen LogP contribution in [-0.4, -0.2) is 37.9 Å². The van der Waals surface area contributed by atoms with Crippen molar-refractivity contribution in [1.82, 2.24) is 25.1 Å². The number of halogens is 5. The molecule has 0 aliphatic rings. The topological polar surface area (TPSA) is 105 Å². The zero-order chi connectivity index (χ0) is 28.4. The van der Waals surface area contributed by atoms with Crippen LogP contribution in [0.4, 0.5) is 27.8 Å². The highest BCUT2D eigenvalue weighted by Gasteiger charge is 2.36. The molecule has 4 rings (SSSR count). The van der Waals surface area contributed by atoms with Crippen molar-refractivity contribution >= 4 is 39.6 Å². The number of nitrogens with one attached hydrogen (secondary N) is 2. The number of anilines is 1. The molecule has 39 heavy (non-hydrogen) atoms. The normalized spacial score (nSPS) is 13.0. The number of aromatic nitrogens is 4. The summed E-state index contributed by atoms with van der Waals surface area (Å²) in [5.41, 5.74) is 1.40. The van der Waals surface area contributed by atoms with Gasteiger partial charge in [0.15, 0.2) is 0 Å². The average Bonchev–Trinajstić information content (AvgIpc) is 3.30. The van der Waals surface area contributed by atoms with E-state index < -0.39 is 30.1 Å². The fourth-order valence-electron chi connectivity index (χ4n) is 4.14. The van der Waals surface area contributed by atoms with Crippen molar-refractivity contribution in [2.75, 3.05) is 11.9 Å². The van der Waals surface area contributed by atoms with E-state index in [2.05, 4.69) is 25.7 Å². The zero-order valence-electron chi connectivity index (χ0n) is 20.7. The summed E-state index contributed by atoms with van der Waals surface area (Å²) < 4.78 is 70.8. The Kier molecular flexibility index (Phi) is 7.63. The van der Waals surface area contributed by atoms with Crippen LogP contribution >= 0.6 is 0 Å². The molecule has 0 bridgehead atoms. The van der Waals surface area contributed by atoms with E-state index >= 15 is 0 Å². The average molecular weight is 546 g/mol. The number of aryl methyl sites for hydroxylation is 1. The largest absolute Gasteiger partial charge is 0.451 e. The first-order chi connectivity index (χ1) is 18.5. The Morgan fingerprint density at radius 2 is 1.90 bits per heavy atom. The summed E-state index contributed by atoms with van der Waals surface area (Å²) in [5, 5.41) is 19.0. The van der Waals surface area contributed by atoms with Crippen LogP contribution in [0.1, 0.15) is 29.4 Å². The van der Waals surface area contributed by atoms with Gasteiger partial charge in [-0.2, -0.15) is 27.1 Å². The van der Waals surface area contributed by atoms with Gasteiger partial charge in [0, 0.05) is 41.7 Å². The number of aliphatic hydroxyl groups excluding tert-OH is 1. The van der Waals surface area contributed by atoms with Crippen LogP contribution in [-0.2, 0) is 30.5 Å². The minimum atomic E-state index is -4.87. The number of nitrogens with zero attached hydrogens (tertiary/aromatic N) is 4. The van der Waals surface area contributed by atoms with Crippen molar-refractivity contribution in [2.24, 2.45) is 7.05 Å². The Labute approximate surface area is 218 Å². The molecule has 2 aromatic heterocycles. The first-order valence-corrected chi connectivity index (χ1v) is 11.6. The summed E-state index contributed by atoms with van der Waals surface area (Å²) in [6, 6.07) is 6.76. The number of benzene rings is 2. The van der Waals surface area contributed by atoms with Crippen molar-refractivity contribution in [3.05, 3.63) is 77.4 Å². The number of hydrogen-bond acceptors (Lipinski definition) is 6. The standard InChI is InChI=1S/C26H23F5N6O2/c1-3-5-16(11-32-14-39)18-9-19-21(20-12-34-37(2)22(18)20)35-24(26(29,30)31)36-23(19)33-10-15-6-4-7-17(8-15)25(27,28)13-38/h3-9,11-12,14,38H,10,13H2,1-2H3,(H,32,39)(H,33,35,36)/b5-3-,16-11+. The fraction of sp³-hybridized carbons (Fsp3) is 0.231. The predicted octanol–water partition coefficient (Wildman–Crippen LogP) is 4.89. The maximum absolute atomic E-state index is 14.0. The number of aliphatic hydroxyl groups is 1. The van der Waals surface area contributed by atoms with Gasteiger partial charge >= 0.3 is 6.18 Å². The Hall–Kier alpha value is -4.39. The molecular weight excluding hydrogens is 523 g/mol. The molecule has 0 saturated carbocycles. The number of carbonyl (C=O) groups excluding carboxylic acids is 1. The van der Waals surface area contributed by atoms with Crippen LogP contribution in [0.3, 0.4) is 0 Å². The van der Waals surface area contributed by atoms with Crippen molar-refractivity contribution in [3.8, 4) is 0 Å². The van der Waals surface area contributed by atoms with Gasteiger partial charge in [0.25, 0.3) is 5.92 Å². The molecule has 204 valence electrons. The molecule has 4 aromatic rings. The van der Waals surface area contributed by atoms with Crippen molar-refractivity contribution < 1.29 is 31.9 Å². The van der Waals surface area contributed by atoms with Gasteiger partial charge in [0.05, 0.1) is 17.2 Å². The Morgan fingerprint density at radius 1 is 1.13 bits per heavy atom. The van der Waals surface area contributed by atoms with Gasteiger partial charge in [-0.1, -0.05) is 30.4 Å². The highest BCUT2D eigenvalue weighted by molar-refractivity contribution is 6.12. The van der Waals surface area contributed by atoms with Crippen LogP contribution in [0.5, 0.6) is 0 Å². The summed E-state index contributed by atoms with van der Waals surface area (Å²) in [6.07, 6.45) is 1.86. The van der Waals surface area contributed by atoms with E-state index in [0.717, 1.165) is 12.1 Å². The highest BCUT2D eigenvalue weighted by Crippen LogP contribution is 2.37. The van der Waals surface area contributed by atoms with Gasteiger partial charge in [-0.25, -0.2) is 9.97 Å². The summed E-state index contributed by atoms with van der Waals surface area (Å²) >= 11 is 0. The van der Waals surface area contributed by atoms with Crippen LogP contribution in [0, 0.1) is 0 Å². The summed E-state index contributed by atoms with van der Waals surface area (Å²) in [7, 11) is 1.62. The van der Waals surface area contributed by atoms with Gasteiger partial charge in [0.2, 0.25) is 12.2 Å². The van der Waals surface area contributed by atoms with E-state index in [1.807, 2.05) is 0 Å². The first-order valence-electron chi connectivity index (χ1n) is 11.6. The summed E-state index contributed by atoms with van der Waals surface area (Å²) in [4.78, 5) is 18.5. The van der Waals surface area contributed by atoms with Gasteiger partial charge in [0.1, 0.15) is 12.4 Å². The Morgan fingerprint density at radius 3 is 2.56 bits per heavy atom. The predicted molar refractivity (Wildman–Crippen MR) is 136 cm³/mol. The monoisotopic (exact) mass is 546 g/mol. The highest BCUT2D eigenvalue weighted by atomic mass is 19.4. The van der Waals surface area contributed by atoms with Crippen LogP contribution in [0.2, 0.25) is 0 Å². The minimum absolute atomic E-state index is 0.0181. The fourth-order valence-corrected chi connectivity index (χ4v) is 4.14. The molecular formula is C26H23F5N6O2. The number of rotatable bonds is 9. The maximum Gasteiger partial charge on any atom is 0.451 e. The first kappa shape index (κ1) is 27.6. The van der Waals surface area contributed by atoms with Crippen LogP contribution in [0.25, 0.3) is 27.4 Å². The van der Waals surface area contributed by atoms with Gasteiger partial charge in [-0.05, 0) is 30.2 Å². The number of amides is 1. The molecule has 0 aliphatic carbocycles. The molecule has 0 saturated heterocycles. The number of hydrogen-bond donors (Lipinski definition) is 3. The van der Waals surface area contributed by atoms with Crippen LogP contribution in [0.15, 0.2) is 54.9 Å². The smallest absolute Gasteiger partial charge is 0.390 e. The lowest BCUT2D eigenvalue weighted by molar-refractivity contribution is -0.144. The molecule has 3 N–H and O–H groups in total. The molecule has 1 amide bonds. The third kappa shape index (κ3) is 5.58. The third-order valence-corrected chi connectivity index (χ3v) is 5.91. The number of allylic oxidation sites excluding steroid dienone is 3. The lowest BCUT2D eigenvalue weighted by Gasteiger charge is -2.17. The van der Waals surface area contributed by atoms with Gasteiger partial charge < -0.3 is 15.7 Å². The maximum atomic E-state index is 14.0. The van der Waals surface area contributed by atoms with Crippen molar-refractivity contribution in [2.45, 2.75) is 25.6 Å². The number of fused-ring (bicyclic) bond motifs is 3. The van der Waals surface area contributed by atoms with Gasteiger partial charge in [-0.15, -0.1) is 0 Å². The quantitative estimate of drug-likeness (QED) is 0.157. The molecule has 0 aliphatic heterocycles. The van der Waals surface area contributed by atoms with E-state index in [9.17, 15) is 26.7 Å². The van der Waals surface area contributed by atoms with Crippen molar-refractivity contribution in [1.29, 1.82) is 0 Å². The Balaban J connectivity index is 1.93. The molecule has 2 aromatic carbocycles. The molecule has 13 heteroatoms. The van der Waals surface area contributed by atoms with E-state index in [1.54, 1.807) is 32.2 Å². The molecule has 2 heterocycles. The van der Waals surface area contributed by atoms with E-state index in [4.69, 9.17) is 5.11 Å². The van der Waals surface area contributed by atoms with Crippen LogP contribution < -0.4 is 10.6 Å². The van der Waals surface area contributed by atoms with Gasteiger partial charge in [-0.3, -0.25) is 9.48 Å². The second-order valence-corrected chi connectivity index (χ2v) is 8.55. The number of carbonyl (C=O) groups is 1. The lowest BCUT2D eigenvalue weighted by atomic mass is 9.99. The van der Waals surface area contributed by atoms with Crippen molar-refractivity contribution in [3.63, 3.8) is 0 Å². The second kappa shape index (κ2) is 10.8. The summed E-state index contributed by atoms with van der Waals surface area (Å²) in [6.45, 7) is 0.222. The zero-order valence-corrected chi connectivity index (χ0v) is 20.7. The lowest BCUT2D eigenvalue weighted by Crippen LogP contribution is -2.18. The molecule has 0 radical (unpaired) electrons. The van der Waals surface area contributed by atoms with E-state index in [1.165, 1.54) is 29.2 Å². The second-order valence-electron chi connectivity index (χ2n) is 8.55. The van der Waals surface area contributed by atoms with E-state index in [-0.39, 0.29) is 23.3 Å². The molecule has 0 atom stereocenters. The third-order valence-electron chi connectivity index (χ3n) is 5.91. The number of alkyl halides is 5. The summed E-state index contributed by atoms with van der Waals surface area (Å²) in [5.74, 6) is -5.04.